The van der Waals surface area contributed by atoms with Gasteiger partial charge >= 0.3 is 0 Å². The Kier molecular flexibility index (Phi) is 4.19. The predicted octanol–water partition coefficient (Wildman–Crippen LogP) is 4.42. The molecule has 0 saturated heterocycles. The zero-order valence-corrected chi connectivity index (χ0v) is 13.7. The Morgan fingerprint density at radius 1 is 1.04 bits per heavy atom. The van der Waals surface area contributed by atoms with Gasteiger partial charge in [-0.1, -0.05) is 12.1 Å². The fourth-order valence-electron chi connectivity index (χ4n) is 2.62. The third-order valence-electron chi connectivity index (χ3n) is 3.96. The van der Waals surface area contributed by atoms with Crippen molar-refractivity contribution in [2.75, 3.05) is 0 Å². The van der Waals surface area contributed by atoms with Crippen LogP contribution >= 0.6 is 0 Å². The molecule has 0 bridgehead atoms. The van der Waals surface area contributed by atoms with Gasteiger partial charge in [-0.05, 0) is 53.6 Å². The fourth-order valence-corrected chi connectivity index (χ4v) is 2.62. The molecule has 3 aromatic rings. The van der Waals surface area contributed by atoms with E-state index in [1.807, 2.05) is 0 Å². The summed E-state index contributed by atoms with van der Waals surface area (Å²) in [5, 5.41) is 0. The Morgan fingerprint density at radius 3 is 2.58 bits per heavy atom. The number of allylic oxidation sites excluding steroid dienone is 1. The highest BCUT2D eigenvalue weighted by Gasteiger charge is 2.27. The van der Waals surface area contributed by atoms with Gasteiger partial charge in [-0.15, -0.1) is 0 Å². The molecule has 4 rings (SSSR count). The van der Waals surface area contributed by atoms with Crippen LogP contribution in [0.4, 0.5) is 4.39 Å². The summed E-state index contributed by atoms with van der Waals surface area (Å²) in [5.41, 5.74) is 2.19. The zero-order chi connectivity index (χ0) is 17.9. The number of halogens is 1. The number of ether oxygens (including phenoxy) is 2. The van der Waals surface area contributed by atoms with E-state index in [2.05, 4.69) is 4.98 Å². The van der Waals surface area contributed by atoms with Crippen LogP contribution in [0.2, 0.25) is 0 Å². The Labute approximate surface area is 149 Å². The lowest BCUT2D eigenvalue weighted by Gasteiger charge is -2.07. The number of fused-ring (bicyclic) bond motifs is 1. The molecule has 0 amide bonds. The monoisotopic (exact) mass is 347 g/mol. The maximum absolute atomic E-state index is 12.9. The van der Waals surface area contributed by atoms with E-state index in [4.69, 9.17) is 9.47 Å². The first-order valence-corrected chi connectivity index (χ1v) is 8.04. The van der Waals surface area contributed by atoms with Gasteiger partial charge < -0.3 is 9.47 Å². The molecule has 0 N–H and O–H groups in total. The normalized spacial score (nSPS) is 14.2. The van der Waals surface area contributed by atoms with Crippen LogP contribution in [0.5, 0.6) is 11.5 Å². The number of nitrogens with zero attached hydrogens (tertiary/aromatic N) is 1. The van der Waals surface area contributed by atoms with Crippen LogP contribution in [0.1, 0.15) is 21.5 Å². The average molecular weight is 347 g/mol. The van der Waals surface area contributed by atoms with Crippen molar-refractivity contribution in [2.24, 2.45) is 0 Å². The summed E-state index contributed by atoms with van der Waals surface area (Å²) in [6.45, 7) is 0.298. The van der Waals surface area contributed by atoms with Crippen LogP contribution in [0.3, 0.4) is 0 Å². The van der Waals surface area contributed by atoms with Gasteiger partial charge in [0.05, 0.1) is 5.56 Å². The van der Waals surface area contributed by atoms with Gasteiger partial charge in [0, 0.05) is 18.5 Å². The minimum atomic E-state index is -0.285. The highest BCUT2D eigenvalue weighted by atomic mass is 19.1. The molecule has 26 heavy (non-hydrogen) atoms. The molecule has 0 unspecified atom stereocenters. The van der Waals surface area contributed by atoms with Gasteiger partial charge in [0.15, 0.2) is 5.76 Å². The van der Waals surface area contributed by atoms with E-state index in [9.17, 15) is 9.18 Å². The van der Waals surface area contributed by atoms with E-state index in [-0.39, 0.29) is 17.4 Å². The highest BCUT2D eigenvalue weighted by molar-refractivity contribution is 6.14. The van der Waals surface area contributed by atoms with Crippen molar-refractivity contribution in [1.29, 1.82) is 0 Å². The molecule has 2 aromatic carbocycles. The standard InChI is InChI=1S/C21H14FNO3/c22-16-3-1-15(2-4-16)13-25-17-5-6-18-19(12-17)26-20(21(18)24)11-14-7-9-23-10-8-14/h1-12H,13H2. The lowest BCUT2D eigenvalue weighted by molar-refractivity contribution is 0.101. The maximum Gasteiger partial charge on any atom is 0.231 e. The number of rotatable bonds is 4. The molecule has 1 aromatic heterocycles. The van der Waals surface area contributed by atoms with E-state index in [0.717, 1.165) is 11.1 Å². The minimum Gasteiger partial charge on any atom is -0.489 e. The number of carbonyl (C=O) groups is 1. The first kappa shape index (κ1) is 16.0. The summed E-state index contributed by atoms with van der Waals surface area (Å²) < 4.78 is 24.3. The van der Waals surface area contributed by atoms with Crippen LogP contribution in [-0.4, -0.2) is 10.8 Å². The molecule has 0 spiro atoms. The summed E-state index contributed by atoms with van der Waals surface area (Å²) >= 11 is 0. The minimum absolute atomic E-state index is 0.165. The van der Waals surface area contributed by atoms with Crippen molar-refractivity contribution >= 4 is 11.9 Å². The molecule has 0 fully saturated rings. The number of pyridine rings is 1. The molecular weight excluding hydrogens is 333 g/mol. The largest absolute Gasteiger partial charge is 0.489 e. The van der Waals surface area contributed by atoms with Crippen molar-refractivity contribution in [3.63, 3.8) is 0 Å². The Balaban J connectivity index is 1.50. The summed E-state index contributed by atoms with van der Waals surface area (Å²) in [4.78, 5) is 16.4. The Hall–Kier alpha value is -3.47. The summed E-state index contributed by atoms with van der Waals surface area (Å²) in [6, 6.07) is 14.8. The maximum atomic E-state index is 12.9. The quantitative estimate of drug-likeness (QED) is 0.656. The average Bonchev–Trinajstić information content (AvgIpc) is 2.97. The molecule has 5 heteroatoms. The van der Waals surface area contributed by atoms with Gasteiger partial charge in [-0.2, -0.15) is 0 Å². The SMILES string of the molecule is O=C1C(=Cc2ccncc2)Oc2cc(OCc3ccc(F)cc3)ccc21. The molecular formula is C21H14FNO3. The molecule has 2 heterocycles. The summed E-state index contributed by atoms with van der Waals surface area (Å²) in [6.07, 6.45) is 4.99. The van der Waals surface area contributed by atoms with Gasteiger partial charge in [-0.25, -0.2) is 4.39 Å². The first-order valence-electron chi connectivity index (χ1n) is 8.04. The molecule has 1 aliphatic heterocycles. The highest BCUT2D eigenvalue weighted by Crippen LogP contribution is 2.35. The van der Waals surface area contributed by atoms with E-state index in [1.165, 1.54) is 12.1 Å². The lowest BCUT2D eigenvalue weighted by atomic mass is 10.1. The molecule has 0 atom stereocenters. The third kappa shape index (κ3) is 3.32. The number of hydrogen-bond acceptors (Lipinski definition) is 4. The van der Waals surface area contributed by atoms with Crippen molar-refractivity contribution in [1.82, 2.24) is 4.98 Å². The van der Waals surface area contributed by atoms with Gasteiger partial charge in [-0.3, -0.25) is 9.78 Å². The van der Waals surface area contributed by atoms with Crippen LogP contribution in [0, 0.1) is 5.82 Å². The van der Waals surface area contributed by atoms with Crippen LogP contribution in [-0.2, 0) is 6.61 Å². The lowest BCUT2D eigenvalue weighted by Crippen LogP contribution is -1.98. The van der Waals surface area contributed by atoms with E-state index < -0.39 is 0 Å². The van der Waals surface area contributed by atoms with E-state index >= 15 is 0 Å². The van der Waals surface area contributed by atoms with Gasteiger partial charge in [0.1, 0.15) is 23.9 Å². The number of hydrogen-bond donors (Lipinski definition) is 0. The van der Waals surface area contributed by atoms with E-state index in [1.54, 1.807) is 60.9 Å². The molecule has 0 saturated carbocycles. The topological polar surface area (TPSA) is 48.4 Å². The van der Waals surface area contributed by atoms with Gasteiger partial charge in [0.25, 0.3) is 0 Å². The molecule has 128 valence electrons. The summed E-state index contributed by atoms with van der Waals surface area (Å²) in [5.74, 6) is 0.855. The fraction of sp³-hybridized carbons (Fsp3) is 0.0476. The number of ketones is 1. The molecule has 1 aliphatic rings. The Bertz CT molecular complexity index is 982. The Morgan fingerprint density at radius 2 is 1.81 bits per heavy atom. The second-order valence-electron chi connectivity index (χ2n) is 5.79. The third-order valence-corrected chi connectivity index (χ3v) is 3.96. The number of Topliss-reactive ketones (excluding diaryl/α,β-unsaturated/α-hetero) is 1. The van der Waals surface area contributed by atoms with E-state index in [0.29, 0.717) is 23.7 Å². The zero-order valence-electron chi connectivity index (χ0n) is 13.7. The molecule has 0 aliphatic carbocycles. The van der Waals surface area contributed by atoms with Crippen molar-refractivity contribution in [3.05, 3.63) is 95.3 Å². The van der Waals surface area contributed by atoms with Crippen LogP contribution in [0.25, 0.3) is 6.08 Å². The van der Waals surface area contributed by atoms with Crippen molar-refractivity contribution in [2.45, 2.75) is 6.61 Å². The van der Waals surface area contributed by atoms with Crippen molar-refractivity contribution in [3.8, 4) is 11.5 Å². The van der Waals surface area contributed by atoms with Crippen molar-refractivity contribution < 1.29 is 18.7 Å². The smallest absolute Gasteiger partial charge is 0.231 e. The number of benzene rings is 2. The second-order valence-corrected chi connectivity index (χ2v) is 5.79. The number of carbonyl (C=O) groups excluding carboxylic acids is 1. The summed E-state index contributed by atoms with van der Waals surface area (Å²) in [7, 11) is 0. The second kappa shape index (κ2) is 6.80. The first-order chi connectivity index (χ1) is 12.7. The number of aromatic nitrogens is 1. The molecule has 0 radical (unpaired) electrons. The van der Waals surface area contributed by atoms with Crippen LogP contribution in [0.15, 0.2) is 72.8 Å². The predicted molar refractivity (Wildman–Crippen MR) is 94.3 cm³/mol. The van der Waals surface area contributed by atoms with Crippen LogP contribution < -0.4 is 9.47 Å². The van der Waals surface area contributed by atoms with Gasteiger partial charge in [0.2, 0.25) is 5.78 Å². The molecule has 4 nitrogen and oxygen atoms in total.